The molecule has 0 atom stereocenters. The van der Waals surface area contributed by atoms with Gasteiger partial charge in [-0.3, -0.25) is 4.79 Å². The number of amides is 1. The van der Waals surface area contributed by atoms with E-state index in [1.54, 1.807) is 0 Å². The summed E-state index contributed by atoms with van der Waals surface area (Å²) in [6.45, 7) is 5.04. The van der Waals surface area contributed by atoms with Gasteiger partial charge < -0.3 is 4.90 Å². The molecule has 1 aliphatic rings. The number of carbonyl (C=O) groups excluding carboxylic acids is 1. The number of aryl methyl sites for hydroxylation is 1. The molecule has 1 amide bonds. The molecule has 1 aliphatic carbocycles. The van der Waals surface area contributed by atoms with Gasteiger partial charge in [0, 0.05) is 18.2 Å². The van der Waals surface area contributed by atoms with Crippen molar-refractivity contribution >= 4 is 12.0 Å². The Balaban J connectivity index is 1.88. The van der Waals surface area contributed by atoms with Crippen LogP contribution in [0, 0.1) is 6.92 Å². The zero-order chi connectivity index (χ0) is 21.2. The normalized spacial score (nSPS) is 15.2. The van der Waals surface area contributed by atoms with Crippen molar-refractivity contribution in [1.82, 2.24) is 4.90 Å². The Hall–Kier alpha value is -2.35. The van der Waals surface area contributed by atoms with Gasteiger partial charge in [-0.05, 0) is 49.8 Å². The lowest BCUT2D eigenvalue weighted by Crippen LogP contribution is -2.43. The number of hydrogen-bond donors (Lipinski definition) is 0. The topological polar surface area (TPSA) is 20.3 Å². The van der Waals surface area contributed by atoms with Crippen molar-refractivity contribution in [3.63, 3.8) is 0 Å². The van der Waals surface area contributed by atoms with Crippen molar-refractivity contribution < 1.29 is 4.79 Å². The highest BCUT2D eigenvalue weighted by atomic mass is 16.2. The van der Waals surface area contributed by atoms with E-state index < -0.39 is 0 Å². The standard InChI is InChI=1S/C28H37NO/c1-3-4-7-17-25(21-24-15-8-5-9-16-24)22-29(26-18-10-6-11-19-26)28(30)27-20-13-12-14-23(27)2/h5,8-9,12-16,20-21,26H,3-4,6-7,10-11,17-19,22H2,1-2H3. The average Bonchev–Trinajstić information content (AvgIpc) is 2.78. The van der Waals surface area contributed by atoms with Gasteiger partial charge in [-0.1, -0.05) is 99.2 Å². The van der Waals surface area contributed by atoms with Crippen LogP contribution in [0.4, 0.5) is 0 Å². The third kappa shape index (κ3) is 6.32. The highest BCUT2D eigenvalue weighted by Crippen LogP contribution is 2.27. The highest BCUT2D eigenvalue weighted by molar-refractivity contribution is 5.96. The van der Waals surface area contributed by atoms with Gasteiger partial charge in [-0.2, -0.15) is 0 Å². The summed E-state index contributed by atoms with van der Waals surface area (Å²) in [5.41, 5.74) is 4.54. The molecule has 0 aliphatic heterocycles. The molecular weight excluding hydrogens is 366 g/mol. The number of carbonyl (C=O) groups is 1. The van der Waals surface area contributed by atoms with E-state index in [9.17, 15) is 4.79 Å². The molecule has 0 saturated heterocycles. The SMILES string of the molecule is CCCCCC(=Cc1ccccc1)CN(C(=O)c1ccccc1C)C1CCCCC1. The molecule has 2 heteroatoms. The molecule has 2 aromatic rings. The molecule has 30 heavy (non-hydrogen) atoms. The highest BCUT2D eigenvalue weighted by Gasteiger charge is 2.27. The zero-order valence-electron chi connectivity index (χ0n) is 18.8. The smallest absolute Gasteiger partial charge is 0.254 e. The minimum Gasteiger partial charge on any atom is -0.332 e. The zero-order valence-corrected chi connectivity index (χ0v) is 18.8. The number of hydrogen-bond acceptors (Lipinski definition) is 1. The van der Waals surface area contributed by atoms with Crippen LogP contribution in [0.3, 0.4) is 0 Å². The van der Waals surface area contributed by atoms with Gasteiger partial charge in [0.1, 0.15) is 0 Å². The van der Waals surface area contributed by atoms with Gasteiger partial charge >= 0.3 is 0 Å². The van der Waals surface area contributed by atoms with E-state index in [2.05, 4.69) is 48.2 Å². The van der Waals surface area contributed by atoms with E-state index in [1.165, 1.54) is 49.7 Å². The van der Waals surface area contributed by atoms with Crippen molar-refractivity contribution in [3.8, 4) is 0 Å². The van der Waals surface area contributed by atoms with Crippen molar-refractivity contribution in [1.29, 1.82) is 0 Å². The van der Waals surface area contributed by atoms with Crippen LogP contribution in [-0.4, -0.2) is 23.4 Å². The van der Waals surface area contributed by atoms with E-state index in [-0.39, 0.29) is 5.91 Å². The van der Waals surface area contributed by atoms with Crippen molar-refractivity contribution in [3.05, 3.63) is 76.9 Å². The Labute approximate surface area is 183 Å². The molecule has 0 unspecified atom stereocenters. The quantitative estimate of drug-likeness (QED) is 0.399. The molecule has 0 radical (unpaired) electrons. The first-order valence-electron chi connectivity index (χ1n) is 11.8. The van der Waals surface area contributed by atoms with Crippen LogP contribution in [0.5, 0.6) is 0 Å². The van der Waals surface area contributed by atoms with Crippen LogP contribution >= 0.6 is 0 Å². The molecule has 3 rings (SSSR count). The summed E-state index contributed by atoms with van der Waals surface area (Å²) < 4.78 is 0. The fraction of sp³-hybridized carbons (Fsp3) is 0.464. The Kier molecular flexibility index (Phi) is 8.74. The molecule has 0 bridgehead atoms. The van der Waals surface area contributed by atoms with Crippen LogP contribution in [-0.2, 0) is 0 Å². The lowest BCUT2D eigenvalue weighted by atomic mass is 9.92. The number of unbranched alkanes of at least 4 members (excludes halogenated alkanes) is 2. The summed E-state index contributed by atoms with van der Waals surface area (Å²) in [4.78, 5) is 15.9. The summed E-state index contributed by atoms with van der Waals surface area (Å²) in [6, 6.07) is 19.0. The molecule has 0 spiro atoms. The van der Waals surface area contributed by atoms with E-state index in [1.807, 2.05) is 31.2 Å². The lowest BCUT2D eigenvalue weighted by molar-refractivity contribution is 0.0654. The third-order valence-corrected chi connectivity index (χ3v) is 6.30. The molecule has 1 fully saturated rings. The Morgan fingerprint density at radius 2 is 1.67 bits per heavy atom. The summed E-state index contributed by atoms with van der Waals surface area (Å²) in [6.07, 6.45) is 13.0. The van der Waals surface area contributed by atoms with Gasteiger partial charge in [0.05, 0.1) is 0 Å². The van der Waals surface area contributed by atoms with Crippen LogP contribution < -0.4 is 0 Å². The first kappa shape index (κ1) is 22.3. The van der Waals surface area contributed by atoms with E-state index in [0.717, 1.165) is 36.9 Å². The van der Waals surface area contributed by atoms with Crippen LogP contribution in [0.1, 0.15) is 86.2 Å². The van der Waals surface area contributed by atoms with Gasteiger partial charge in [0.2, 0.25) is 0 Å². The Morgan fingerprint density at radius 1 is 0.967 bits per heavy atom. The van der Waals surface area contributed by atoms with Gasteiger partial charge in [0.25, 0.3) is 5.91 Å². The van der Waals surface area contributed by atoms with Crippen molar-refractivity contribution in [2.24, 2.45) is 0 Å². The molecule has 1 saturated carbocycles. The molecule has 2 aromatic carbocycles. The van der Waals surface area contributed by atoms with Gasteiger partial charge in [-0.15, -0.1) is 0 Å². The second-order valence-electron chi connectivity index (χ2n) is 8.71. The van der Waals surface area contributed by atoms with Crippen molar-refractivity contribution in [2.45, 2.75) is 77.7 Å². The molecule has 0 aromatic heterocycles. The summed E-state index contributed by atoms with van der Waals surface area (Å²) >= 11 is 0. The molecule has 2 nitrogen and oxygen atoms in total. The predicted molar refractivity (Wildman–Crippen MR) is 128 cm³/mol. The maximum absolute atomic E-state index is 13.7. The fourth-order valence-corrected chi connectivity index (χ4v) is 4.53. The van der Waals surface area contributed by atoms with E-state index in [4.69, 9.17) is 0 Å². The molecule has 0 heterocycles. The second-order valence-corrected chi connectivity index (χ2v) is 8.71. The van der Waals surface area contributed by atoms with Gasteiger partial charge in [0.15, 0.2) is 0 Å². The summed E-state index contributed by atoms with van der Waals surface area (Å²) in [7, 11) is 0. The minimum atomic E-state index is 0.203. The molecule has 160 valence electrons. The molecular formula is C28H37NO. The third-order valence-electron chi connectivity index (χ3n) is 6.30. The summed E-state index contributed by atoms with van der Waals surface area (Å²) in [5, 5.41) is 0. The van der Waals surface area contributed by atoms with E-state index in [0.29, 0.717) is 6.04 Å². The van der Waals surface area contributed by atoms with E-state index >= 15 is 0 Å². The second kappa shape index (κ2) is 11.7. The Morgan fingerprint density at radius 3 is 2.37 bits per heavy atom. The minimum absolute atomic E-state index is 0.203. The maximum atomic E-state index is 13.7. The number of rotatable bonds is 9. The molecule has 0 N–H and O–H groups in total. The average molecular weight is 404 g/mol. The Bertz CT molecular complexity index is 818. The van der Waals surface area contributed by atoms with Crippen LogP contribution in [0.15, 0.2) is 60.2 Å². The summed E-state index contributed by atoms with van der Waals surface area (Å²) in [5.74, 6) is 0.203. The van der Waals surface area contributed by atoms with Gasteiger partial charge in [-0.25, -0.2) is 0 Å². The largest absolute Gasteiger partial charge is 0.332 e. The first-order valence-corrected chi connectivity index (χ1v) is 11.8. The first-order chi connectivity index (χ1) is 14.7. The van der Waals surface area contributed by atoms with Crippen LogP contribution in [0.2, 0.25) is 0 Å². The predicted octanol–water partition coefficient (Wildman–Crippen LogP) is 7.43. The van der Waals surface area contributed by atoms with Crippen LogP contribution in [0.25, 0.3) is 6.08 Å². The van der Waals surface area contributed by atoms with Crippen molar-refractivity contribution in [2.75, 3.05) is 6.54 Å². The fourth-order valence-electron chi connectivity index (χ4n) is 4.53. The number of benzene rings is 2. The monoisotopic (exact) mass is 403 g/mol. The maximum Gasteiger partial charge on any atom is 0.254 e. The lowest BCUT2D eigenvalue weighted by Gasteiger charge is -2.35. The number of nitrogens with zero attached hydrogens (tertiary/aromatic N) is 1.